The molecule has 0 aliphatic heterocycles. The third-order valence-corrected chi connectivity index (χ3v) is 6.51. The van der Waals surface area contributed by atoms with Crippen LogP contribution in [0.2, 0.25) is 5.02 Å². The second-order valence-corrected chi connectivity index (χ2v) is 8.12. The topological polar surface area (TPSA) is 52.9 Å². The van der Waals surface area contributed by atoms with Crippen LogP contribution < -0.4 is 5.32 Å². The molecular weight excluding hydrogens is 340 g/mol. The van der Waals surface area contributed by atoms with Crippen molar-refractivity contribution >= 4 is 33.8 Å². The molecule has 2 aliphatic carbocycles. The fourth-order valence-corrected chi connectivity index (χ4v) is 4.98. The Balaban J connectivity index is 1.63. The van der Waals surface area contributed by atoms with Gasteiger partial charge in [-0.1, -0.05) is 23.7 Å². The lowest BCUT2D eigenvalue weighted by Crippen LogP contribution is -2.27. The summed E-state index contributed by atoms with van der Waals surface area (Å²) in [5, 5.41) is 14.0. The highest BCUT2D eigenvalue weighted by atomic mass is 35.5. The van der Waals surface area contributed by atoms with Crippen LogP contribution in [0.1, 0.15) is 47.3 Å². The molecule has 1 amide bonds. The SMILES string of the molecule is N#Cc1c(NC(=O)C2(c3cccc(Cl)c3)CC2)sc2c1CCCC2. The molecule has 1 N–H and O–H groups in total. The molecule has 3 nitrogen and oxygen atoms in total. The number of rotatable bonds is 3. The molecule has 24 heavy (non-hydrogen) atoms. The number of thiophene rings is 1. The Morgan fingerprint density at radius 1 is 1.29 bits per heavy atom. The smallest absolute Gasteiger partial charge is 0.235 e. The van der Waals surface area contributed by atoms with Crippen molar-refractivity contribution in [3.8, 4) is 6.07 Å². The zero-order valence-corrected chi connectivity index (χ0v) is 14.8. The van der Waals surface area contributed by atoms with E-state index in [4.69, 9.17) is 11.6 Å². The quantitative estimate of drug-likeness (QED) is 0.856. The molecule has 1 aromatic carbocycles. The van der Waals surface area contributed by atoms with E-state index in [1.165, 1.54) is 4.88 Å². The fourth-order valence-electron chi connectivity index (χ4n) is 3.55. The number of carbonyl (C=O) groups is 1. The summed E-state index contributed by atoms with van der Waals surface area (Å²) in [7, 11) is 0. The number of hydrogen-bond acceptors (Lipinski definition) is 3. The maximum absolute atomic E-state index is 12.9. The van der Waals surface area contributed by atoms with Gasteiger partial charge in [-0.2, -0.15) is 5.26 Å². The molecule has 2 aromatic rings. The van der Waals surface area contributed by atoms with Crippen molar-refractivity contribution in [3.05, 3.63) is 50.9 Å². The van der Waals surface area contributed by atoms with E-state index in [9.17, 15) is 10.1 Å². The first-order valence-corrected chi connectivity index (χ1v) is 9.46. The molecule has 1 fully saturated rings. The Morgan fingerprint density at radius 3 is 2.79 bits per heavy atom. The van der Waals surface area contributed by atoms with Crippen LogP contribution in [-0.4, -0.2) is 5.91 Å². The molecule has 122 valence electrons. The molecule has 0 atom stereocenters. The van der Waals surface area contributed by atoms with Gasteiger partial charge in [-0.15, -0.1) is 11.3 Å². The van der Waals surface area contributed by atoms with Crippen LogP contribution in [-0.2, 0) is 23.1 Å². The lowest BCUT2D eigenvalue weighted by Gasteiger charge is -2.15. The number of nitrogens with zero attached hydrogens (tertiary/aromatic N) is 1. The first-order chi connectivity index (χ1) is 11.6. The predicted molar refractivity (Wildman–Crippen MR) is 96.7 cm³/mol. The number of anilines is 1. The summed E-state index contributed by atoms with van der Waals surface area (Å²) in [5.41, 5.74) is 2.30. The van der Waals surface area contributed by atoms with Crippen molar-refractivity contribution < 1.29 is 4.79 Å². The summed E-state index contributed by atoms with van der Waals surface area (Å²) in [4.78, 5) is 14.2. The predicted octanol–water partition coefficient (Wildman–Crippen LogP) is 4.82. The third-order valence-electron chi connectivity index (χ3n) is 5.07. The van der Waals surface area contributed by atoms with Crippen LogP contribution in [0.25, 0.3) is 0 Å². The Morgan fingerprint density at radius 2 is 2.08 bits per heavy atom. The van der Waals surface area contributed by atoms with Crippen LogP contribution in [0.5, 0.6) is 0 Å². The normalized spacial score (nSPS) is 17.7. The summed E-state index contributed by atoms with van der Waals surface area (Å²) in [6, 6.07) is 9.84. The van der Waals surface area contributed by atoms with Gasteiger partial charge in [0.05, 0.1) is 11.0 Å². The van der Waals surface area contributed by atoms with E-state index in [0.29, 0.717) is 10.6 Å². The lowest BCUT2D eigenvalue weighted by atomic mass is 9.94. The van der Waals surface area contributed by atoms with Gasteiger partial charge in [0, 0.05) is 9.90 Å². The molecule has 1 aromatic heterocycles. The Bertz CT molecular complexity index is 861. The molecule has 5 heteroatoms. The number of nitrogens with one attached hydrogen (secondary N) is 1. The monoisotopic (exact) mass is 356 g/mol. The van der Waals surface area contributed by atoms with E-state index in [1.807, 2.05) is 24.3 Å². The average Bonchev–Trinajstić information content (AvgIpc) is 3.32. The molecule has 1 heterocycles. The third kappa shape index (κ3) is 2.53. The molecule has 0 unspecified atom stereocenters. The van der Waals surface area contributed by atoms with E-state index in [1.54, 1.807) is 11.3 Å². The fraction of sp³-hybridized carbons (Fsp3) is 0.368. The van der Waals surface area contributed by atoms with Gasteiger partial charge >= 0.3 is 0 Å². The van der Waals surface area contributed by atoms with E-state index in [2.05, 4.69) is 11.4 Å². The van der Waals surface area contributed by atoms with E-state index in [0.717, 1.165) is 54.7 Å². The molecule has 0 bridgehead atoms. The first-order valence-electron chi connectivity index (χ1n) is 8.26. The number of amides is 1. The van der Waals surface area contributed by atoms with Gasteiger partial charge in [0.25, 0.3) is 0 Å². The van der Waals surface area contributed by atoms with Crippen LogP contribution in [0.3, 0.4) is 0 Å². The maximum Gasteiger partial charge on any atom is 0.235 e. The maximum atomic E-state index is 12.9. The molecule has 0 radical (unpaired) electrons. The number of halogens is 1. The number of fused-ring (bicyclic) bond motifs is 1. The minimum absolute atomic E-state index is 0.0140. The van der Waals surface area contributed by atoms with Crippen molar-refractivity contribution in [1.82, 2.24) is 0 Å². The van der Waals surface area contributed by atoms with E-state index >= 15 is 0 Å². The zero-order chi connectivity index (χ0) is 16.7. The van der Waals surface area contributed by atoms with Gasteiger partial charge < -0.3 is 5.32 Å². The lowest BCUT2D eigenvalue weighted by molar-refractivity contribution is -0.118. The second-order valence-electron chi connectivity index (χ2n) is 6.57. The highest BCUT2D eigenvalue weighted by Gasteiger charge is 2.51. The minimum atomic E-state index is -0.484. The van der Waals surface area contributed by atoms with Crippen molar-refractivity contribution in [2.45, 2.75) is 43.9 Å². The van der Waals surface area contributed by atoms with Crippen molar-refractivity contribution in [2.24, 2.45) is 0 Å². The van der Waals surface area contributed by atoms with Gasteiger partial charge in [0.1, 0.15) is 11.1 Å². The Kier molecular flexibility index (Phi) is 3.86. The average molecular weight is 357 g/mol. The number of nitriles is 1. The zero-order valence-electron chi connectivity index (χ0n) is 13.2. The second kappa shape index (κ2) is 5.91. The summed E-state index contributed by atoms with van der Waals surface area (Å²) in [5.74, 6) is -0.0140. The number of hydrogen-bond donors (Lipinski definition) is 1. The van der Waals surface area contributed by atoms with Gasteiger partial charge in [-0.3, -0.25) is 4.79 Å². The number of benzene rings is 1. The van der Waals surface area contributed by atoms with Crippen molar-refractivity contribution in [2.75, 3.05) is 5.32 Å². The van der Waals surface area contributed by atoms with Crippen LogP contribution in [0, 0.1) is 11.3 Å². The largest absolute Gasteiger partial charge is 0.316 e. The van der Waals surface area contributed by atoms with Gasteiger partial charge in [-0.05, 0) is 61.8 Å². The number of carbonyl (C=O) groups excluding carboxylic acids is 1. The first kappa shape index (κ1) is 15.7. The van der Waals surface area contributed by atoms with Crippen LogP contribution >= 0.6 is 22.9 Å². The van der Waals surface area contributed by atoms with Gasteiger partial charge in [-0.25, -0.2) is 0 Å². The summed E-state index contributed by atoms with van der Waals surface area (Å²) < 4.78 is 0. The highest BCUT2D eigenvalue weighted by molar-refractivity contribution is 7.16. The highest BCUT2D eigenvalue weighted by Crippen LogP contribution is 2.50. The standard InChI is InChI=1S/C19H17ClN2OS/c20-13-5-3-4-12(10-13)19(8-9-19)18(23)22-17-15(11-21)14-6-1-2-7-16(14)24-17/h3-5,10H,1-2,6-9H2,(H,22,23). The summed E-state index contributed by atoms with van der Waals surface area (Å²) in [6.07, 6.45) is 5.91. The summed E-state index contributed by atoms with van der Waals surface area (Å²) >= 11 is 7.66. The molecule has 4 rings (SSSR count). The van der Waals surface area contributed by atoms with E-state index in [-0.39, 0.29) is 5.91 Å². The molecule has 1 saturated carbocycles. The Labute approximate surface area is 150 Å². The Hall–Kier alpha value is -1.83. The molecule has 2 aliphatic rings. The molecule has 0 spiro atoms. The molecule has 0 saturated heterocycles. The van der Waals surface area contributed by atoms with Crippen LogP contribution in [0.15, 0.2) is 24.3 Å². The minimum Gasteiger partial charge on any atom is -0.316 e. The molecular formula is C19H17ClN2OS. The van der Waals surface area contributed by atoms with Gasteiger partial charge in [0.2, 0.25) is 5.91 Å². The summed E-state index contributed by atoms with van der Waals surface area (Å²) in [6.45, 7) is 0. The van der Waals surface area contributed by atoms with Crippen LogP contribution in [0.4, 0.5) is 5.00 Å². The van der Waals surface area contributed by atoms with Gasteiger partial charge in [0.15, 0.2) is 0 Å². The van der Waals surface area contributed by atoms with Crippen molar-refractivity contribution in [1.29, 1.82) is 5.26 Å². The number of aryl methyl sites for hydroxylation is 1. The van der Waals surface area contributed by atoms with E-state index < -0.39 is 5.41 Å². The van der Waals surface area contributed by atoms with Crippen molar-refractivity contribution in [3.63, 3.8) is 0 Å².